The van der Waals surface area contributed by atoms with Gasteiger partial charge in [-0.25, -0.2) is 4.79 Å². The van der Waals surface area contributed by atoms with Gasteiger partial charge in [0.2, 0.25) is 17.7 Å². The van der Waals surface area contributed by atoms with Crippen LogP contribution in [-0.2, 0) is 25.6 Å². The topological polar surface area (TPSA) is 290 Å². The third-order valence-electron chi connectivity index (χ3n) is 7.51. The van der Waals surface area contributed by atoms with Crippen molar-refractivity contribution in [2.24, 2.45) is 23.1 Å². The number of guanidine groups is 2. The Morgan fingerprint density at radius 3 is 1.98 bits per heavy atom. The number of nitrogens with two attached hydrogens (primary N) is 3. The standard InChI is InChI=1S/C29H47N11O5/c1-3-16(2)23(30)26(43)40-22(14-17-15-37-19-9-5-4-8-18(17)19)25(42)38-20(10-6-12-35-28(31)32)24(41)39-21(27(44)45)11-7-13-36-29(33)34/h4-5,8-9,15-16,20-23,37H,3,6-7,10-14,30H2,1-2H3,(H,38,42)(H,39,41)(H,40,43)(H,44,45)(H4,31,32,35)(H4,33,34,36)/t16-,20-,21-,22-,23-/m0/s1. The van der Waals surface area contributed by atoms with E-state index in [0.29, 0.717) is 19.3 Å². The number of H-pyrrole nitrogens is 1. The van der Waals surface area contributed by atoms with E-state index in [1.54, 1.807) is 6.20 Å². The minimum Gasteiger partial charge on any atom is -0.480 e. The van der Waals surface area contributed by atoms with Crippen LogP contribution in [0.3, 0.4) is 0 Å². The normalized spacial score (nSPS) is 14.3. The summed E-state index contributed by atoms with van der Waals surface area (Å²) < 4.78 is 0. The Bertz CT molecular complexity index is 1330. The van der Waals surface area contributed by atoms with Crippen molar-refractivity contribution in [3.05, 3.63) is 36.0 Å². The van der Waals surface area contributed by atoms with Crippen molar-refractivity contribution in [3.63, 3.8) is 0 Å². The second-order valence-electron chi connectivity index (χ2n) is 11.0. The number of aromatic nitrogens is 1. The number of aliphatic carboxylic acids is 1. The number of fused-ring (bicyclic) bond motifs is 1. The van der Waals surface area contributed by atoms with Crippen molar-refractivity contribution in [2.75, 3.05) is 13.1 Å². The van der Waals surface area contributed by atoms with Gasteiger partial charge >= 0.3 is 5.97 Å². The van der Waals surface area contributed by atoms with Crippen LogP contribution < -0.4 is 43.8 Å². The third kappa shape index (κ3) is 12.0. The molecule has 15 N–H and O–H groups in total. The number of para-hydroxylation sites is 1. The molecule has 0 aliphatic heterocycles. The lowest BCUT2D eigenvalue weighted by Gasteiger charge is -2.26. The monoisotopic (exact) mass is 629 g/mol. The lowest BCUT2D eigenvalue weighted by molar-refractivity contribution is -0.142. The Balaban J connectivity index is 2.29. The number of hydrogen-bond donors (Lipinski definition) is 12. The van der Waals surface area contributed by atoms with E-state index < -0.39 is 47.9 Å². The van der Waals surface area contributed by atoms with Crippen molar-refractivity contribution in [2.45, 2.75) is 76.5 Å². The lowest BCUT2D eigenvalue weighted by atomic mass is 9.98. The molecule has 0 saturated heterocycles. The molecule has 45 heavy (non-hydrogen) atoms. The zero-order chi connectivity index (χ0) is 33.5. The Morgan fingerprint density at radius 1 is 0.867 bits per heavy atom. The fraction of sp³-hybridized carbons (Fsp3) is 0.517. The minimum atomic E-state index is -1.27. The molecule has 16 heteroatoms. The molecule has 2 aromatic rings. The van der Waals surface area contributed by atoms with E-state index in [-0.39, 0.29) is 50.2 Å². The maximum absolute atomic E-state index is 13.8. The molecule has 0 spiro atoms. The van der Waals surface area contributed by atoms with E-state index in [9.17, 15) is 24.3 Å². The summed E-state index contributed by atoms with van der Waals surface area (Å²) >= 11 is 0. The zero-order valence-electron chi connectivity index (χ0n) is 25.7. The largest absolute Gasteiger partial charge is 0.480 e. The lowest BCUT2D eigenvalue weighted by Crippen LogP contribution is -2.58. The molecule has 0 unspecified atom stereocenters. The average Bonchev–Trinajstić information content (AvgIpc) is 3.40. The quantitative estimate of drug-likeness (QED) is 0.0519. The van der Waals surface area contributed by atoms with Gasteiger partial charge in [-0.2, -0.15) is 0 Å². The van der Waals surface area contributed by atoms with E-state index in [0.717, 1.165) is 16.5 Å². The van der Waals surface area contributed by atoms with E-state index in [4.69, 9.17) is 28.0 Å². The number of rotatable bonds is 19. The first-order valence-electron chi connectivity index (χ1n) is 14.9. The Morgan fingerprint density at radius 2 is 1.40 bits per heavy atom. The average molecular weight is 630 g/mol. The first-order valence-corrected chi connectivity index (χ1v) is 14.9. The second-order valence-corrected chi connectivity index (χ2v) is 11.0. The molecule has 2 rings (SSSR count). The summed E-state index contributed by atoms with van der Waals surface area (Å²) in [6.07, 6.45) is 3.22. The van der Waals surface area contributed by atoms with Gasteiger partial charge in [-0.1, -0.05) is 38.5 Å². The number of hydrogen-bond acceptors (Lipinski definition) is 7. The number of benzene rings is 1. The molecule has 248 valence electrons. The fourth-order valence-corrected chi connectivity index (χ4v) is 4.64. The van der Waals surface area contributed by atoms with Crippen LogP contribution in [0.25, 0.3) is 10.9 Å². The number of amides is 3. The van der Waals surface area contributed by atoms with Crippen molar-refractivity contribution in [1.82, 2.24) is 31.6 Å². The molecule has 0 aliphatic carbocycles. The smallest absolute Gasteiger partial charge is 0.326 e. The van der Waals surface area contributed by atoms with Crippen LogP contribution >= 0.6 is 0 Å². The van der Waals surface area contributed by atoms with Crippen LogP contribution in [-0.4, -0.2) is 83.0 Å². The van der Waals surface area contributed by atoms with Gasteiger partial charge < -0.3 is 53.9 Å². The Labute approximate surface area is 262 Å². The van der Waals surface area contributed by atoms with Crippen LogP contribution in [0.2, 0.25) is 0 Å². The van der Waals surface area contributed by atoms with Gasteiger partial charge in [0.15, 0.2) is 11.9 Å². The van der Waals surface area contributed by atoms with Crippen LogP contribution in [0.15, 0.2) is 30.5 Å². The van der Waals surface area contributed by atoms with Crippen molar-refractivity contribution in [1.29, 1.82) is 10.8 Å². The molecule has 0 saturated carbocycles. The van der Waals surface area contributed by atoms with Crippen molar-refractivity contribution < 1.29 is 24.3 Å². The van der Waals surface area contributed by atoms with Crippen LogP contribution in [0.5, 0.6) is 0 Å². The fourth-order valence-electron chi connectivity index (χ4n) is 4.64. The van der Waals surface area contributed by atoms with Crippen LogP contribution in [0.1, 0.15) is 51.5 Å². The predicted molar refractivity (Wildman–Crippen MR) is 171 cm³/mol. The number of carbonyl (C=O) groups is 4. The molecule has 0 fully saturated rings. The molecule has 16 nitrogen and oxygen atoms in total. The molecule has 0 radical (unpaired) electrons. The molecule has 3 amide bonds. The van der Waals surface area contributed by atoms with E-state index in [2.05, 4.69) is 31.6 Å². The molecular formula is C29H47N11O5. The van der Waals surface area contributed by atoms with Gasteiger partial charge in [0, 0.05) is 36.6 Å². The van der Waals surface area contributed by atoms with Crippen LogP contribution in [0, 0.1) is 16.7 Å². The van der Waals surface area contributed by atoms with Crippen molar-refractivity contribution in [3.8, 4) is 0 Å². The molecule has 0 bridgehead atoms. The molecule has 0 aliphatic rings. The van der Waals surface area contributed by atoms with Gasteiger partial charge in [0.05, 0.1) is 6.04 Å². The highest BCUT2D eigenvalue weighted by atomic mass is 16.4. The van der Waals surface area contributed by atoms with Crippen LogP contribution in [0.4, 0.5) is 0 Å². The van der Waals surface area contributed by atoms with E-state index in [1.807, 2.05) is 38.1 Å². The number of carboxylic acid groups (broad SMARTS) is 1. The van der Waals surface area contributed by atoms with E-state index >= 15 is 0 Å². The highest BCUT2D eigenvalue weighted by molar-refractivity contribution is 5.95. The molecule has 5 atom stereocenters. The summed E-state index contributed by atoms with van der Waals surface area (Å²) in [5.41, 5.74) is 18.4. The van der Waals surface area contributed by atoms with Gasteiger partial charge in [0.25, 0.3) is 0 Å². The summed E-state index contributed by atoms with van der Waals surface area (Å²) in [5.74, 6) is -3.82. The van der Waals surface area contributed by atoms with Gasteiger partial charge in [-0.3, -0.25) is 25.2 Å². The zero-order valence-corrected chi connectivity index (χ0v) is 25.7. The summed E-state index contributed by atoms with van der Waals surface area (Å²) in [5, 5.41) is 38.3. The first-order chi connectivity index (χ1) is 21.3. The van der Waals surface area contributed by atoms with Gasteiger partial charge in [-0.15, -0.1) is 0 Å². The minimum absolute atomic E-state index is 0.0423. The highest BCUT2D eigenvalue weighted by Crippen LogP contribution is 2.19. The summed E-state index contributed by atoms with van der Waals surface area (Å²) in [6.45, 7) is 4.21. The van der Waals surface area contributed by atoms with Crippen molar-refractivity contribution >= 4 is 46.5 Å². The third-order valence-corrected chi connectivity index (χ3v) is 7.51. The Hall–Kier alpha value is -4.86. The second kappa shape index (κ2) is 18.1. The molecule has 1 aromatic carbocycles. The maximum Gasteiger partial charge on any atom is 0.326 e. The predicted octanol–water partition coefficient (Wildman–Crippen LogP) is -0.851. The highest BCUT2D eigenvalue weighted by Gasteiger charge is 2.31. The summed E-state index contributed by atoms with van der Waals surface area (Å²) in [4.78, 5) is 55.3. The SMILES string of the molecule is CC[C@H](C)[C@H](N)C(=O)N[C@@H](Cc1c[nH]c2ccccc12)C(=O)N[C@@H](CCCNC(=N)N)C(=O)N[C@@H](CCCNC(=N)N)C(=O)O. The van der Waals surface area contributed by atoms with Gasteiger partial charge in [-0.05, 0) is 43.2 Å². The summed E-state index contributed by atoms with van der Waals surface area (Å²) in [7, 11) is 0. The maximum atomic E-state index is 13.8. The number of carboxylic acids is 1. The number of aromatic amines is 1. The molecular weight excluding hydrogens is 582 g/mol. The molecule has 1 heterocycles. The van der Waals surface area contributed by atoms with E-state index in [1.165, 1.54) is 0 Å². The Kier molecular flexibility index (Phi) is 14.6. The number of nitrogens with one attached hydrogen (secondary N) is 8. The van der Waals surface area contributed by atoms with Gasteiger partial charge in [0.1, 0.15) is 18.1 Å². The first kappa shape index (κ1) is 36.3. The molecule has 1 aromatic heterocycles. The summed E-state index contributed by atoms with van der Waals surface area (Å²) in [6, 6.07) is 3.09. The number of carbonyl (C=O) groups excluding carboxylic acids is 3.